The summed E-state index contributed by atoms with van der Waals surface area (Å²) in [7, 11) is 0. The van der Waals surface area contributed by atoms with Gasteiger partial charge in [0.2, 0.25) is 0 Å². The highest BCUT2D eigenvalue weighted by atomic mass is 16.1. The fourth-order valence-electron chi connectivity index (χ4n) is 2.28. The van der Waals surface area contributed by atoms with Crippen molar-refractivity contribution in [1.29, 1.82) is 0 Å². The SMILES string of the molecule is Cc1ccc(NN)c(C(=O)Nc2ccccc2C(C)C)c1. The number of hydrazine groups is 1. The molecule has 0 radical (unpaired) electrons. The third-order valence-electron chi connectivity index (χ3n) is 3.41. The second kappa shape index (κ2) is 6.41. The number of nitrogen functional groups attached to an aromatic ring is 1. The first-order valence-corrected chi connectivity index (χ1v) is 7.00. The number of amides is 1. The Bertz CT molecular complexity index is 650. The first-order valence-electron chi connectivity index (χ1n) is 7.00. The van der Waals surface area contributed by atoms with E-state index in [1.807, 2.05) is 43.3 Å². The van der Waals surface area contributed by atoms with Crippen LogP contribution in [0.1, 0.15) is 41.3 Å². The second-order valence-corrected chi connectivity index (χ2v) is 5.39. The highest BCUT2D eigenvalue weighted by molar-refractivity contribution is 6.08. The minimum atomic E-state index is -0.167. The van der Waals surface area contributed by atoms with Crippen molar-refractivity contribution in [3.8, 4) is 0 Å². The Balaban J connectivity index is 2.33. The van der Waals surface area contributed by atoms with Crippen molar-refractivity contribution in [2.75, 3.05) is 10.7 Å². The first kappa shape index (κ1) is 15.1. The first-order chi connectivity index (χ1) is 10.0. The molecule has 0 unspecified atom stereocenters. The number of anilines is 2. The van der Waals surface area contributed by atoms with Crippen LogP contribution in [-0.2, 0) is 0 Å². The van der Waals surface area contributed by atoms with E-state index in [9.17, 15) is 4.79 Å². The molecular formula is C17H21N3O. The van der Waals surface area contributed by atoms with E-state index in [2.05, 4.69) is 24.6 Å². The fourth-order valence-corrected chi connectivity index (χ4v) is 2.28. The van der Waals surface area contributed by atoms with Crippen molar-refractivity contribution < 1.29 is 4.79 Å². The summed E-state index contributed by atoms with van der Waals surface area (Å²) in [6, 6.07) is 13.4. The van der Waals surface area contributed by atoms with Crippen LogP contribution in [0.15, 0.2) is 42.5 Å². The van der Waals surface area contributed by atoms with Gasteiger partial charge in [0.1, 0.15) is 0 Å². The van der Waals surface area contributed by atoms with Crippen LogP contribution in [0.5, 0.6) is 0 Å². The molecule has 2 aromatic rings. The Hall–Kier alpha value is -2.33. The number of benzene rings is 2. The lowest BCUT2D eigenvalue weighted by atomic mass is 10.0. The molecule has 110 valence electrons. The Kier molecular flexibility index (Phi) is 4.60. The van der Waals surface area contributed by atoms with E-state index < -0.39 is 0 Å². The molecule has 2 rings (SSSR count). The van der Waals surface area contributed by atoms with Gasteiger partial charge in [0, 0.05) is 5.69 Å². The molecule has 0 fully saturated rings. The monoisotopic (exact) mass is 283 g/mol. The van der Waals surface area contributed by atoms with E-state index >= 15 is 0 Å². The van der Waals surface area contributed by atoms with Gasteiger partial charge in [-0.15, -0.1) is 0 Å². The summed E-state index contributed by atoms with van der Waals surface area (Å²) in [6.07, 6.45) is 0. The van der Waals surface area contributed by atoms with Gasteiger partial charge in [0.15, 0.2) is 0 Å². The molecule has 4 heteroatoms. The van der Waals surface area contributed by atoms with Crippen LogP contribution in [0.4, 0.5) is 11.4 Å². The number of nitrogens with two attached hydrogens (primary N) is 1. The average Bonchev–Trinajstić information content (AvgIpc) is 2.47. The van der Waals surface area contributed by atoms with Gasteiger partial charge >= 0.3 is 0 Å². The average molecular weight is 283 g/mol. The molecule has 21 heavy (non-hydrogen) atoms. The number of carbonyl (C=O) groups excluding carboxylic acids is 1. The molecule has 1 amide bonds. The summed E-state index contributed by atoms with van der Waals surface area (Å²) < 4.78 is 0. The molecule has 0 saturated carbocycles. The summed E-state index contributed by atoms with van der Waals surface area (Å²) in [5.74, 6) is 5.65. The van der Waals surface area contributed by atoms with Crippen molar-refractivity contribution in [2.45, 2.75) is 26.7 Å². The van der Waals surface area contributed by atoms with E-state index in [0.717, 1.165) is 16.8 Å². The lowest BCUT2D eigenvalue weighted by Crippen LogP contribution is -2.18. The van der Waals surface area contributed by atoms with Crippen LogP contribution < -0.4 is 16.6 Å². The van der Waals surface area contributed by atoms with Gasteiger partial charge in [0.25, 0.3) is 5.91 Å². The standard InChI is InChI=1S/C17H21N3O/c1-11(2)13-6-4-5-7-15(13)19-17(21)14-10-12(3)8-9-16(14)20-18/h4-11,20H,18H2,1-3H3,(H,19,21). The Morgan fingerprint density at radius 1 is 1.10 bits per heavy atom. The predicted molar refractivity (Wildman–Crippen MR) is 87.5 cm³/mol. The maximum atomic E-state index is 12.5. The Morgan fingerprint density at radius 3 is 2.48 bits per heavy atom. The van der Waals surface area contributed by atoms with Gasteiger partial charge < -0.3 is 10.7 Å². The highest BCUT2D eigenvalue weighted by Gasteiger charge is 2.14. The van der Waals surface area contributed by atoms with Gasteiger partial charge in [-0.3, -0.25) is 10.6 Å². The van der Waals surface area contributed by atoms with Gasteiger partial charge in [-0.25, -0.2) is 0 Å². The minimum Gasteiger partial charge on any atom is -0.323 e. The number of nitrogens with one attached hydrogen (secondary N) is 2. The molecule has 0 bridgehead atoms. The van der Waals surface area contributed by atoms with Crippen LogP contribution in [0.3, 0.4) is 0 Å². The molecule has 0 saturated heterocycles. The maximum absolute atomic E-state index is 12.5. The fraction of sp³-hybridized carbons (Fsp3) is 0.235. The molecule has 0 spiro atoms. The quantitative estimate of drug-likeness (QED) is 0.592. The number of aryl methyl sites for hydroxylation is 1. The van der Waals surface area contributed by atoms with Crippen molar-refractivity contribution in [3.05, 3.63) is 59.2 Å². The summed E-state index contributed by atoms with van der Waals surface area (Å²) >= 11 is 0. The summed E-state index contributed by atoms with van der Waals surface area (Å²) in [5, 5.41) is 2.98. The van der Waals surface area contributed by atoms with Crippen LogP contribution in [-0.4, -0.2) is 5.91 Å². The molecule has 0 heterocycles. The molecule has 0 aromatic heterocycles. The van der Waals surface area contributed by atoms with E-state index in [1.54, 1.807) is 6.07 Å². The maximum Gasteiger partial charge on any atom is 0.257 e. The Labute approximate surface area is 125 Å². The lowest BCUT2D eigenvalue weighted by molar-refractivity contribution is 0.102. The molecule has 2 aromatic carbocycles. The predicted octanol–water partition coefficient (Wildman–Crippen LogP) is 3.66. The zero-order valence-corrected chi connectivity index (χ0v) is 12.6. The summed E-state index contributed by atoms with van der Waals surface area (Å²) in [6.45, 7) is 6.15. The van der Waals surface area contributed by atoms with Crippen LogP contribution in [0.2, 0.25) is 0 Å². The van der Waals surface area contributed by atoms with Crippen LogP contribution in [0, 0.1) is 6.92 Å². The minimum absolute atomic E-state index is 0.167. The zero-order valence-electron chi connectivity index (χ0n) is 12.6. The zero-order chi connectivity index (χ0) is 15.4. The number of rotatable bonds is 4. The third kappa shape index (κ3) is 3.41. The van der Waals surface area contributed by atoms with E-state index in [4.69, 9.17) is 5.84 Å². The number of carbonyl (C=O) groups is 1. The largest absolute Gasteiger partial charge is 0.323 e. The molecule has 0 aliphatic heterocycles. The number of hydrogen-bond acceptors (Lipinski definition) is 3. The topological polar surface area (TPSA) is 67.1 Å². The van der Waals surface area contributed by atoms with E-state index in [0.29, 0.717) is 17.2 Å². The van der Waals surface area contributed by atoms with Crippen molar-refractivity contribution in [1.82, 2.24) is 0 Å². The van der Waals surface area contributed by atoms with Crippen molar-refractivity contribution in [3.63, 3.8) is 0 Å². The molecule has 4 N–H and O–H groups in total. The number of para-hydroxylation sites is 1. The summed E-state index contributed by atoms with van der Waals surface area (Å²) in [5.41, 5.74) is 6.67. The lowest BCUT2D eigenvalue weighted by Gasteiger charge is -2.15. The van der Waals surface area contributed by atoms with E-state index in [-0.39, 0.29) is 5.91 Å². The molecular weight excluding hydrogens is 262 g/mol. The molecule has 0 aliphatic carbocycles. The summed E-state index contributed by atoms with van der Waals surface area (Å²) in [4.78, 5) is 12.5. The van der Waals surface area contributed by atoms with Gasteiger partial charge in [-0.05, 0) is 36.6 Å². The molecule has 4 nitrogen and oxygen atoms in total. The normalized spacial score (nSPS) is 10.5. The highest BCUT2D eigenvalue weighted by Crippen LogP contribution is 2.25. The van der Waals surface area contributed by atoms with Crippen LogP contribution in [0.25, 0.3) is 0 Å². The second-order valence-electron chi connectivity index (χ2n) is 5.39. The van der Waals surface area contributed by atoms with Crippen molar-refractivity contribution in [2.24, 2.45) is 5.84 Å². The number of hydrogen-bond donors (Lipinski definition) is 3. The van der Waals surface area contributed by atoms with Gasteiger partial charge in [-0.1, -0.05) is 43.7 Å². The Morgan fingerprint density at radius 2 is 1.81 bits per heavy atom. The molecule has 0 atom stereocenters. The van der Waals surface area contributed by atoms with Crippen molar-refractivity contribution >= 4 is 17.3 Å². The van der Waals surface area contributed by atoms with Gasteiger partial charge in [0.05, 0.1) is 11.3 Å². The van der Waals surface area contributed by atoms with Gasteiger partial charge in [-0.2, -0.15) is 0 Å². The van der Waals surface area contributed by atoms with Crippen LogP contribution >= 0.6 is 0 Å². The smallest absolute Gasteiger partial charge is 0.257 e. The molecule has 0 aliphatic rings. The van der Waals surface area contributed by atoms with E-state index in [1.165, 1.54) is 0 Å². The third-order valence-corrected chi connectivity index (χ3v) is 3.41.